The molecule has 15 nitrogen and oxygen atoms in total. The van der Waals surface area contributed by atoms with Crippen LogP contribution >= 0.6 is 7.31 Å². The Morgan fingerprint density at radius 3 is 1.02 bits per heavy atom. The Balaban J connectivity index is 1.49. The molecule has 6 rings (SSSR count). The van der Waals surface area contributed by atoms with Gasteiger partial charge in [-0.05, 0) is 0 Å². The molecule has 3 heterocycles. The predicted octanol–water partition coefficient (Wildman–Crippen LogP) is 4.15. The molecule has 0 aliphatic carbocycles. The van der Waals surface area contributed by atoms with Gasteiger partial charge in [0.2, 0.25) is 0 Å². The van der Waals surface area contributed by atoms with Crippen LogP contribution in [0, 0.1) is 0 Å². The van der Waals surface area contributed by atoms with Crippen LogP contribution in [0.4, 0.5) is 0 Å². The molecule has 3 aromatic carbocycles. The van der Waals surface area contributed by atoms with E-state index in [0.717, 1.165) is 0 Å². The van der Waals surface area contributed by atoms with Crippen LogP contribution in [0.1, 0.15) is 36.0 Å². The average molecular weight is 619 g/mol. The molecule has 0 radical (unpaired) electrons. The van der Waals surface area contributed by atoms with Crippen molar-refractivity contribution in [2.45, 2.75) is 38.5 Å². The third-order valence-electron chi connectivity index (χ3n) is 7.05. The van der Waals surface area contributed by atoms with E-state index in [1.807, 2.05) is 0 Å². The summed E-state index contributed by atoms with van der Waals surface area (Å²) in [4.78, 5) is 33.4. The van der Waals surface area contributed by atoms with Gasteiger partial charge in [0.15, 0.2) is 0 Å². The van der Waals surface area contributed by atoms with E-state index in [9.17, 15) is 29.7 Å². The molecule has 3 aliphatic rings. The molecule has 43 heavy (non-hydrogen) atoms. The molecular formula is C27H24O15P-. The van der Waals surface area contributed by atoms with Crippen molar-refractivity contribution in [2.24, 2.45) is 0 Å². The summed E-state index contributed by atoms with van der Waals surface area (Å²) in [5.74, 6) is -6.84. The third kappa shape index (κ3) is 4.19. The molecule has 1 spiro atoms. The van der Waals surface area contributed by atoms with E-state index in [4.69, 9.17) is 42.5 Å². The van der Waals surface area contributed by atoms with Gasteiger partial charge in [-0.3, -0.25) is 0 Å². The van der Waals surface area contributed by atoms with Crippen molar-refractivity contribution in [3.05, 3.63) is 53.1 Å². The van der Waals surface area contributed by atoms with E-state index in [1.165, 1.54) is 36.4 Å². The molecule has 0 saturated heterocycles. The summed E-state index contributed by atoms with van der Waals surface area (Å²) in [6.45, 7) is 0. The van der Waals surface area contributed by atoms with Gasteiger partial charge in [-0.2, -0.15) is 0 Å². The zero-order valence-corrected chi connectivity index (χ0v) is 22.9. The SMILES string of the molecule is O=C(O)CCc1ccc2c(c1O)O[P-]13(O2)(Oc2ccc(CCC(=O)O)c(O)c2O1)Oc1ccc(CCC(=O)O)c(O)c1O3. The minimum absolute atomic E-state index is 0.0951. The van der Waals surface area contributed by atoms with Gasteiger partial charge >= 0.3 is 241 Å². The number of aryl methyl sites for hydroxylation is 3. The fourth-order valence-electron chi connectivity index (χ4n) is 5.03. The molecule has 0 amide bonds. The summed E-state index contributed by atoms with van der Waals surface area (Å²) in [7, 11) is -6.75. The molecule has 16 heteroatoms. The van der Waals surface area contributed by atoms with Gasteiger partial charge in [0.25, 0.3) is 0 Å². The van der Waals surface area contributed by atoms with Gasteiger partial charge in [0.1, 0.15) is 0 Å². The van der Waals surface area contributed by atoms with Crippen molar-refractivity contribution < 1.29 is 72.2 Å². The average Bonchev–Trinajstić information content (AvgIpc) is 3.53. The number of hydrogen-bond acceptors (Lipinski definition) is 12. The van der Waals surface area contributed by atoms with Crippen molar-refractivity contribution in [3.8, 4) is 51.7 Å². The van der Waals surface area contributed by atoms with Crippen LogP contribution in [0.5, 0.6) is 51.7 Å². The van der Waals surface area contributed by atoms with E-state index in [0.29, 0.717) is 0 Å². The van der Waals surface area contributed by atoms with E-state index < -0.39 is 59.7 Å². The molecule has 0 atom stereocenters. The van der Waals surface area contributed by atoms with Crippen LogP contribution in [0.25, 0.3) is 0 Å². The number of carboxylic acid groups (broad SMARTS) is 3. The Bertz CT molecular complexity index is 1550. The first-order chi connectivity index (χ1) is 20.3. The van der Waals surface area contributed by atoms with E-state index >= 15 is 0 Å². The zero-order chi connectivity index (χ0) is 30.8. The topological polar surface area (TPSA) is 228 Å². The Kier molecular flexibility index (Phi) is 5.73. The Morgan fingerprint density at radius 2 is 0.767 bits per heavy atom. The summed E-state index contributed by atoms with van der Waals surface area (Å²) in [5.41, 5.74) is 0.474. The molecule has 6 N–H and O–H groups in total. The molecule has 0 aromatic heterocycles. The molecule has 3 aliphatic heterocycles. The summed E-state index contributed by atoms with van der Waals surface area (Å²) in [6.07, 6.45) is -1.26. The Morgan fingerprint density at radius 1 is 0.488 bits per heavy atom. The first kappa shape index (κ1) is 27.8. The third-order valence-corrected chi connectivity index (χ3v) is 10.4. The van der Waals surface area contributed by atoms with E-state index in [2.05, 4.69) is 0 Å². The normalized spacial score (nSPS) is 18.4. The second kappa shape index (κ2) is 8.85. The van der Waals surface area contributed by atoms with Gasteiger partial charge in [-0.15, -0.1) is 0 Å². The summed E-state index contributed by atoms with van der Waals surface area (Å²) < 4.78 is 36.8. The van der Waals surface area contributed by atoms with Crippen molar-refractivity contribution >= 4 is 25.2 Å². The number of phenols is 3. The van der Waals surface area contributed by atoms with Gasteiger partial charge in [-0.1, -0.05) is 0 Å². The van der Waals surface area contributed by atoms with Gasteiger partial charge < -0.3 is 0 Å². The molecule has 0 saturated carbocycles. The molecular weight excluding hydrogens is 595 g/mol. The predicted molar refractivity (Wildman–Crippen MR) is 143 cm³/mol. The number of carbonyl (C=O) groups is 3. The molecule has 0 bridgehead atoms. The monoisotopic (exact) mass is 619 g/mol. The number of benzene rings is 3. The number of rotatable bonds is 9. The number of hydrogen-bond donors (Lipinski definition) is 6. The van der Waals surface area contributed by atoms with Crippen LogP contribution in [0.15, 0.2) is 36.4 Å². The van der Waals surface area contributed by atoms with Crippen molar-refractivity contribution in [1.82, 2.24) is 0 Å². The zero-order valence-electron chi connectivity index (χ0n) is 22.0. The van der Waals surface area contributed by atoms with Crippen LogP contribution in [-0.4, -0.2) is 48.5 Å². The first-order valence-electron chi connectivity index (χ1n) is 12.9. The van der Waals surface area contributed by atoms with Gasteiger partial charge in [-0.25, -0.2) is 0 Å². The van der Waals surface area contributed by atoms with Gasteiger partial charge in [0.05, 0.1) is 0 Å². The molecule has 0 fully saturated rings. The van der Waals surface area contributed by atoms with Crippen LogP contribution in [-0.2, 0) is 33.6 Å². The molecule has 0 unspecified atom stereocenters. The van der Waals surface area contributed by atoms with Crippen molar-refractivity contribution in [3.63, 3.8) is 0 Å². The Labute approximate surface area is 241 Å². The molecule has 228 valence electrons. The number of phenolic OH excluding ortho intramolecular Hbond substituents is 3. The van der Waals surface area contributed by atoms with Crippen LogP contribution in [0.3, 0.4) is 0 Å². The minimum atomic E-state index is -6.75. The summed E-state index contributed by atoms with van der Waals surface area (Å²) >= 11 is 0. The maximum atomic E-state index is 11.1. The number of aromatic hydroxyl groups is 3. The fourth-order valence-corrected chi connectivity index (χ4v) is 8.87. The second-order valence-corrected chi connectivity index (χ2v) is 13.4. The number of fused-ring (bicyclic) bond motifs is 3. The van der Waals surface area contributed by atoms with Crippen molar-refractivity contribution in [1.29, 1.82) is 0 Å². The van der Waals surface area contributed by atoms with Crippen LogP contribution < -0.4 is 27.1 Å². The first-order valence-corrected chi connectivity index (χ1v) is 15.1. The number of aliphatic carboxylic acids is 3. The maximum absolute atomic E-state index is 11.1. The fraction of sp³-hybridized carbons (Fsp3) is 0.222. The standard InChI is InChI=1S/C27H24O15P/c28-19(29)10-4-13-1-7-16-25(22(13)34)40-43(37-16,38-17-8-2-14(5-11-20(30)31)23(35)26(17)41-43)39-18-9-3-15(6-12-21(32)33)24(36)27(18)42-43/h1-3,7-9,34-36H,4-6,10-12H2,(H,28,29)(H,30,31)(H,32,33)/q-1. The summed E-state index contributed by atoms with van der Waals surface area (Å²) in [5, 5.41) is 60.5. The number of carboxylic acids is 3. The van der Waals surface area contributed by atoms with Crippen LogP contribution in [0.2, 0.25) is 0 Å². The Hall–Kier alpha value is -5.30. The van der Waals surface area contributed by atoms with Crippen molar-refractivity contribution in [2.75, 3.05) is 0 Å². The van der Waals surface area contributed by atoms with E-state index in [-0.39, 0.29) is 72.5 Å². The molecule has 3 aromatic rings. The van der Waals surface area contributed by atoms with E-state index in [1.54, 1.807) is 0 Å². The summed E-state index contributed by atoms with van der Waals surface area (Å²) in [6, 6.07) is 8.11. The second-order valence-electron chi connectivity index (χ2n) is 10.0. The quantitative estimate of drug-likeness (QED) is 0.185. The van der Waals surface area contributed by atoms with Gasteiger partial charge in [0, 0.05) is 0 Å².